The van der Waals surface area contributed by atoms with E-state index in [1.54, 1.807) is 0 Å². The van der Waals surface area contributed by atoms with Crippen LogP contribution in [-0.2, 0) is 4.79 Å². The van der Waals surface area contributed by atoms with Crippen LogP contribution >= 0.6 is 0 Å². The highest BCUT2D eigenvalue weighted by molar-refractivity contribution is 6.09. The lowest BCUT2D eigenvalue weighted by atomic mass is 9.64. The van der Waals surface area contributed by atoms with Crippen LogP contribution in [0.25, 0.3) is 0 Å². The van der Waals surface area contributed by atoms with Crippen molar-refractivity contribution in [1.29, 1.82) is 0 Å². The molecule has 31 heavy (non-hydrogen) atoms. The van der Waals surface area contributed by atoms with Crippen molar-refractivity contribution in [2.45, 2.75) is 90.3 Å². The number of carbonyl (C=O) groups is 1. The third kappa shape index (κ3) is 3.74. The Morgan fingerprint density at radius 2 is 1.74 bits per heavy atom. The molecule has 5 heteroatoms. The van der Waals surface area contributed by atoms with Crippen LogP contribution in [0.5, 0.6) is 0 Å². The fourth-order valence-electron chi connectivity index (χ4n) is 7.19. The van der Waals surface area contributed by atoms with E-state index in [2.05, 4.69) is 74.4 Å². The molecule has 0 radical (unpaired) electrons. The summed E-state index contributed by atoms with van der Waals surface area (Å²) in [5.74, 6) is 2.59. The van der Waals surface area contributed by atoms with Gasteiger partial charge in [-0.15, -0.1) is 0 Å². The topological polar surface area (TPSA) is 56.7 Å². The number of para-hydroxylation sites is 2. The fraction of sp³-hybridized carbons (Fsp3) is 0.692. The minimum Gasteiger partial charge on any atom is -0.371 e. The summed E-state index contributed by atoms with van der Waals surface area (Å²) in [6, 6.07) is 8.95. The maximum Gasteiger partial charge on any atom is 0.222 e. The lowest BCUT2D eigenvalue weighted by molar-refractivity contribution is -0.138. The second-order valence-corrected chi connectivity index (χ2v) is 12.2. The molecule has 3 aliphatic heterocycles. The Morgan fingerprint density at radius 3 is 2.45 bits per heavy atom. The lowest BCUT2D eigenvalue weighted by Crippen LogP contribution is -2.62. The zero-order valence-electron chi connectivity index (χ0n) is 19.8. The number of nitrogens with zero attached hydrogens (tertiary/aromatic N) is 2. The van der Waals surface area contributed by atoms with Crippen molar-refractivity contribution < 1.29 is 4.79 Å². The number of benzene rings is 1. The van der Waals surface area contributed by atoms with Gasteiger partial charge in [0.1, 0.15) is 5.84 Å². The van der Waals surface area contributed by atoms with Crippen molar-refractivity contribution in [2.24, 2.45) is 22.2 Å². The molecular formula is C26H38N4O. The maximum absolute atomic E-state index is 12.5. The van der Waals surface area contributed by atoms with Gasteiger partial charge in [-0.2, -0.15) is 0 Å². The quantitative estimate of drug-likeness (QED) is 0.680. The first kappa shape index (κ1) is 20.8. The average Bonchev–Trinajstić information content (AvgIpc) is 3.08. The summed E-state index contributed by atoms with van der Waals surface area (Å²) in [6.45, 7) is 12.4. The van der Waals surface area contributed by atoms with Gasteiger partial charge in [-0.25, -0.2) is 0 Å². The van der Waals surface area contributed by atoms with Gasteiger partial charge in [-0.3, -0.25) is 9.79 Å². The molecule has 1 aromatic rings. The molecule has 4 aliphatic rings. The number of hydrogen-bond acceptors (Lipinski definition) is 3. The molecule has 1 aliphatic carbocycles. The van der Waals surface area contributed by atoms with Gasteiger partial charge in [-0.1, -0.05) is 32.9 Å². The Hall–Kier alpha value is -2.04. The van der Waals surface area contributed by atoms with Gasteiger partial charge >= 0.3 is 0 Å². The zero-order chi connectivity index (χ0) is 22.0. The Balaban J connectivity index is 1.55. The van der Waals surface area contributed by atoms with Gasteiger partial charge in [-0.05, 0) is 75.3 Å². The summed E-state index contributed by atoms with van der Waals surface area (Å²) in [4.78, 5) is 20.1. The van der Waals surface area contributed by atoms with Gasteiger partial charge in [0.25, 0.3) is 0 Å². The normalized spacial score (nSPS) is 33.7. The van der Waals surface area contributed by atoms with E-state index in [4.69, 9.17) is 4.99 Å². The molecule has 0 bridgehead atoms. The van der Waals surface area contributed by atoms with E-state index in [0.29, 0.717) is 30.2 Å². The molecular weight excluding hydrogens is 384 g/mol. The van der Waals surface area contributed by atoms with Crippen LogP contribution in [0.2, 0.25) is 0 Å². The number of amides is 1. The number of aliphatic imine (C=N–C) groups is 1. The number of hydrogen-bond donors (Lipinski definition) is 2. The molecule has 5 nitrogen and oxygen atoms in total. The van der Waals surface area contributed by atoms with Crippen LogP contribution in [0.15, 0.2) is 29.3 Å². The molecule has 0 aromatic heterocycles. The molecule has 5 rings (SSSR count). The predicted octanol–water partition coefficient (Wildman–Crippen LogP) is 5.30. The van der Waals surface area contributed by atoms with Crippen LogP contribution in [0.3, 0.4) is 0 Å². The summed E-state index contributed by atoms with van der Waals surface area (Å²) in [5, 5.41) is 7.75. The molecule has 1 amide bonds. The molecule has 2 saturated heterocycles. The number of amidine groups is 1. The Labute approximate surface area is 187 Å². The third-order valence-electron chi connectivity index (χ3n) is 7.72. The third-order valence-corrected chi connectivity index (χ3v) is 7.72. The molecule has 1 spiro atoms. The summed E-state index contributed by atoms with van der Waals surface area (Å²) in [6.07, 6.45) is 5.96. The van der Waals surface area contributed by atoms with E-state index in [0.717, 1.165) is 50.2 Å². The second kappa shape index (κ2) is 6.98. The summed E-state index contributed by atoms with van der Waals surface area (Å²) < 4.78 is 0. The number of piperidine rings is 1. The number of fused-ring (bicyclic) bond motifs is 1. The molecule has 4 atom stereocenters. The molecule has 3 fully saturated rings. The van der Waals surface area contributed by atoms with E-state index in [9.17, 15) is 4.79 Å². The molecule has 1 unspecified atom stereocenters. The average molecular weight is 423 g/mol. The lowest BCUT2D eigenvalue weighted by Gasteiger charge is -2.53. The van der Waals surface area contributed by atoms with E-state index in [-0.39, 0.29) is 16.5 Å². The van der Waals surface area contributed by atoms with Gasteiger partial charge in [0, 0.05) is 19.0 Å². The van der Waals surface area contributed by atoms with Gasteiger partial charge in [0.2, 0.25) is 5.91 Å². The molecule has 1 saturated carbocycles. The number of anilines is 2. The smallest absolute Gasteiger partial charge is 0.222 e. The van der Waals surface area contributed by atoms with Crippen LogP contribution in [-0.4, -0.2) is 40.3 Å². The monoisotopic (exact) mass is 422 g/mol. The number of nitrogens with one attached hydrogen (secondary N) is 2. The Bertz CT molecular complexity index is 914. The van der Waals surface area contributed by atoms with E-state index in [1.165, 1.54) is 5.69 Å². The fourth-order valence-corrected chi connectivity index (χ4v) is 7.19. The van der Waals surface area contributed by atoms with Crippen molar-refractivity contribution in [2.75, 3.05) is 17.2 Å². The van der Waals surface area contributed by atoms with Crippen molar-refractivity contribution >= 4 is 23.1 Å². The summed E-state index contributed by atoms with van der Waals surface area (Å²) in [7, 11) is 0. The van der Waals surface area contributed by atoms with E-state index in [1.807, 2.05) is 0 Å². The van der Waals surface area contributed by atoms with Crippen molar-refractivity contribution in [3.05, 3.63) is 24.3 Å². The summed E-state index contributed by atoms with van der Waals surface area (Å²) >= 11 is 0. The van der Waals surface area contributed by atoms with E-state index >= 15 is 0 Å². The van der Waals surface area contributed by atoms with Crippen molar-refractivity contribution in [1.82, 2.24) is 4.90 Å². The zero-order valence-corrected chi connectivity index (χ0v) is 19.8. The van der Waals surface area contributed by atoms with Crippen LogP contribution in [0, 0.1) is 17.3 Å². The Kier molecular flexibility index (Phi) is 4.69. The van der Waals surface area contributed by atoms with Crippen molar-refractivity contribution in [3.63, 3.8) is 0 Å². The first-order chi connectivity index (χ1) is 14.6. The van der Waals surface area contributed by atoms with Crippen LogP contribution < -0.4 is 10.6 Å². The maximum atomic E-state index is 12.5. The first-order valence-electron chi connectivity index (χ1n) is 12.1. The molecule has 1 aromatic carbocycles. The minimum atomic E-state index is -0.175. The highest BCUT2D eigenvalue weighted by Crippen LogP contribution is 2.51. The van der Waals surface area contributed by atoms with Gasteiger partial charge in [0.05, 0.1) is 22.5 Å². The van der Waals surface area contributed by atoms with Gasteiger partial charge in [0.15, 0.2) is 0 Å². The van der Waals surface area contributed by atoms with Gasteiger partial charge < -0.3 is 15.5 Å². The number of carbonyl (C=O) groups excluding carboxylic acids is 1. The van der Waals surface area contributed by atoms with Crippen LogP contribution in [0.4, 0.5) is 11.4 Å². The highest BCUT2D eigenvalue weighted by Gasteiger charge is 2.56. The summed E-state index contributed by atoms with van der Waals surface area (Å²) in [5.41, 5.74) is 2.19. The Morgan fingerprint density at radius 1 is 1.06 bits per heavy atom. The predicted molar refractivity (Wildman–Crippen MR) is 128 cm³/mol. The molecule has 3 heterocycles. The standard InChI is InChI=1S/C26H38N4O/c1-24(2,3)16-25(4,5)29-23-26(28-20-9-7-6-8-19(20)27-23)14-17-10-11-21(31)30-13-12-18(15-26)22(17)30/h6-9,17-18,22,28H,10-16H2,1-5H3,(H,27,29)/t17-,18+,22-,26?/m1/s1. The molecule has 168 valence electrons. The first-order valence-corrected chi connectivity index (χ1v) is 12.1. The number of rotatable bonds is 2. The van der Waals surface area contributed by atoms with E-state index < -0.39 is 0 Å². The minimum absolute atomic E-state index is 0.150. The highest BCUT2D eigenvalue weighted by atomic mass is 16.2. The largest absolute Gasteiger partial charge is 0.371 e. The molecule has 2 N–H and O–H groups in total. The SMILES string of the molecule is CC(C)(C)CC(C)(C)N=C1Nc2ccccc2NC12C[C@H]1CCC(=O)N3CC[C@@H](C2)[C@@H]13. The van der Waals surface area contributed by atoms with Crippen molar-refractivity contribution in [3.8, 4) is 0 Å². The van der Waals surface area contributed by atoms with Crippen LogP contribution in [0.1, 0.15) is 73.1 Å². The second-order valence-electron chi connectivity index (χ2n) is 12.2.